The van der Waals surface area contributed by atoms with Gasteiger partial charge in [0.05, 0.1) is 0 Å². The first kappa shape index (κ1) is 19.4. The van der Waals surface area contributed by atoms with Crippen molar-refractivity contribution < 1.29 is 8.42 Å². The van der Waals surface area contributed by atoms with Gasteiger partial charge in [0.15, 0.2) is 5.96 Å². The summed E-state index contributed by atoms with van der Waals surface area (Å²) in [5.74, 6) is 0.670. The summed E-state index contributed by atoms with van der Waals surface area (Å²) in [4.78, 5) is 4.14. The van der Waals surface area contributed by atoms with Gasteiger partial charge in [0.1, 0.15) is 4.21 Å². The molecule has 0 saturated carbocycles. The van der Waals surface area contributed by atoms with E-state index in [1.165, 1.54) is 16.9 Å². The van der Waals surface area contributed by atoms with E-state index in [2.05, 4.69) is 32.5 Å². The number of aryl methyl sites for hydroxylation is 1. The van der Waals surface area contributed by atoms with Gasteiger partial charge in [-0.25, -0.2) is 13.1 Å². The zero-order valence-corrected chi connectivity index (χ0v) is 15.9. The zero-order chi connectivity index (χ0) is 18.0. The van der Waals surface area contributed by atoms with Crippen LogP contribution < -0.4 is 15.4 Å². The minimum absolute atomic E-state index is 0.297. The Morgan fingerprint density at radius 1 is 1.04 bits per heavy atom. The highest BCUT2D eigenvalue weighted by Gasteiger charge is 2.13. The van der Waals surface area contributed by atoms with Crippen molar-refractivity contribution in [3.05, 3.63) is 53.4 Å². The van der Waals surface area contributed by atoms with Crippen LogP contribution in [-0.2, 0) is 16.4 Å². The fourth-order valence-electron chi connectivity index (χ4n) is 2.22. The minimum Gasteiger partial charge on any atom is -0.356 e. The molecule has 8 heteroatoms. The molecule has 0 saturated heterocycles. The van der Waals surface area contributed by atoms with E-state index in [0.717, 1.165) is 19.4 Å². The molecular weight excluding hydrogens is 356 g/mol. The number of nitrogens with zero attached hydrogens (tertiary/aromatic N) is 1. The molecule has 1 aromatic heterocycles. The Labute approximate surface area is 153 Å². The van der Waals surface area contributed by atoms with E-state index in [-0.39, 0.29) is 0 Å². The lowest BCUT2D eigenvalue weighted by atomic mass is 10.1. The van der Waals surface area contributed by atoms with Crippen molar-refractivity contribution in [2.24, 2.45) is 4.99 Å². The number of thiophene rings is 1. The molecule has 0 amide bonds. The highest BCUT2D eigenvalue weighted by atomic mass is 32.2. The fraction of sp³-hybridized carbons (Fsp3) is 0.353. The molecule has 1 heterocycles. The number of hydrogen-bond donors (Lipinski definition) is 3. The van der Waals surface area contributed by atoms with Crippen LogP contribution in [0, 0.1) is 0 Å². The molecule has 0 fully saturated rings. The van der Waals surface area contributed by atoms with E-state index in [1.54, 1.807) is 24.6 Å². The van der Waals surface area contributed by atoms with Crippen LogP contribution in [0.2, 0.25) is 0 Å². The van der Waals surface area contributed by atoms with Crippen molar-refractivity contribution in [3.63, 3.8) is 0 Å². The Kier molecular flexibility index (Phi) is 7.90. The quantitative estimate of drug-likeness (QED) is 0.352. The van der Waals surface area contributed by atoms with Crippen LogP contribution in [-0.4, -0.2) is 41.1 Å². The van der Waals surface area contributed by atoms with Crippen LogP contribution in [0.3, 0.4) is 0 Å². The number of guanidine groups is 1. The molecule has 6 nitrogen and oxygen atoms in total. The summed E-state index contributed by atoms with van der Waals surface area (Å²) in [6.45, 7) is 1.56. The molecule has 0 unspecified atom stereocenters. The summed E-state index contributed by atoms with van der Waals surface area (Å²) in [6, 6.07) is 13.6. The molecule has 0 radical (unpaired) electrons. The zero-order valence-electron chi connectivity index (χ0n) is 14.2. The summed E-state index contributed by atoms with van der Waals surface area (Å²) in [5, 5.41) is 8.07. The van der Waals surface area contributed by atoms with Crippen LogP contribution >= 0.6 is 11.3 Å². The number of rotatable bonds is 9. The van der Waals surface area contributed by atoms with Crippen molar-refractivity contribution in [1.29, 1.82) is 0 Å². The third kappa shape index (κ3) is 6.85. The lowest BCUT2D eigenvalue weighted by molar-refractivity contribution is 0.582. The largest absolute Gasteiger partial charge is 0.356 e. The second-order valence-electron chi connectivity index (χ2n) is 5.34. The predicted molar refractivity (Wildman–Crippen MR) is 104 cm³/mol. The molecule has 1 aromatic carbocycles. The third-order valence-electron chi connectivity index (χ3n) is 3.47. The second-order valence-corrected chi connectivity index (χ2v) is 8.29. The van der Waals surface area contributed by atoms with Crippen LogP contribution in [0.25, 0.3) is 0 Å². The smallest absolute Gasteiger partial charge is 0.250 e. The third-order valence-corrected chi connectivity index (χ3v) is 6.33. The highest BCUT2D eigenvalue weighted by Crippen LogP contribution is 2.14. The molecule has 0 aliphatic rings. The molecule has 25 heavy (non-hydrogen) atoms. The van der Waals surface area contributed by atoms with Crippen molar-refractivity contribution in [2.45, 2.75) is 17.1 Å². The summed E-state index contributed by atoms with van der Waals surface area (Å²) in [6.07, 6.45) is 2.00. The van der Waals surface area contributed by atoms with Crippen molar-refractivity contribution in [1.82, 2.24) is 15.4 Å². The molecule has 0 atom stereocenters. The Bertz CT molecular complexity index is 744. The maximum atomic E-state index is 12.0. The Morgan fingerprint density at radius 2 is 1.80 bits per heavy atom. The Morgan fingerprint density at radius 3 is 2.48 bits per heavy atom. The van der Waals surface area contributed by atoms with Crippen LogP contribution in [0.15, 0.2) is 57.0 Å². The van der Waals surface area contributed by atoms with Gasteiger partial charge in [0, 0.05) is 26.7 Å². The van der Waals surface area contributed by atoms with Gasteiger partial charge in [-0.05, 0) is 29.9 Å². The average molecular weight is 381 g/mol. The first-order valence-electron chi connectivity index (χ1n) is 8.13. The molecule has 2 aromatic rings. The van der Waals surface area contributed by atoms with E-state index in [1.807, 2.05) is 18.2 Å². The van der Waals surface area contributed by atoms with Crippen molar-refractivity contribution in [3.8, 4) is 0 Å². The van der Waals surface area contributed by atoms with Gasteiger partial charge in [0.25, 0.3) is 0 Å². The Hall–Kier alpha value is -1.90. The highest BCUT2D eigenvalue weighted by molar-refractivity contribution is 7.91. The maximum Gasteiger partial charge on any atom is 0.250 e. The predicted octanol–water partition coefficient (Wildman–Crippen LogP) is 1.82. The standard InChI is InChI=1S/C17H24N4O2S2/c1-18-17(19-11-5-9-15-7-3-2-4-8-15)20-12-13-21-25(22,23)16-10-6-14-24-16/h2-4,6-8,10,14,21H,5,9,11-13H2,1H3,(H2,18,19,20). The number of nitrogens with one attached hydrogen (secondary N) is 3. The van der Waals surface area contributed by atoms with Gasteiger partial charge in [-0.2, -0.15) is 0 Å². The first-order valence-corrected chi connectivity index (χ1v) is 10.5. The molecule has 2 rings (SSSR count). The lowest BCUT2D eigenvalue weighted by Crippen LogP contribution is -2.41. The second kappa shape index (κ2) is 10.2. The fourth-order valence-corrected chi connectivity index (χ4v) is 4.29. The van der Waals surface area contributed by atoms with E-state index in [4.69, 9.17) is 0 Å². The van der Waals surface area contributed by atoms with Gasteiger partial charge in [-0.1, -0.05) is 36.4 Å². The number of benzene rings is 1. The van der Waals surface area contributed by atoms with Crippen molar-refractivity contribution >= 4 is 27.3 Å². The monoisotopic (exact) mass is 380 g/mol. The SMILES string of the molecule is CN=C(NCCCc1ccccc1)NCCNS(=O)(=O)c1cccs1. The van der Waals surface area contributed by atoms with Gasteiger partial charge in [0.2, 0.25) is 10.0 Å². The normalized spacial score (nSPS) is 12.1. The lowest BCUT2D eigenvalue weighted by Gasteiger charge is -2.12. The van der Waals surface area contributed by atoms with E-state index in [9.17, 15) is 8.42 Å². The van der Waals surface area contributed by atoms with Crippen LogP contribution in [0.5, 0.6) is 0 Å². The summed E-state index contributed by atoms with van der Waals surface area (Å²) >= 11 is 1.20. The number of sulfonamides is 1. The maximum absolute atomic E-state index is 12.0. The van der Waals surface area contributed by atoms with Gasteiger partial charge in [-0.3, -0.25) is 4.99 Å². The molecule has 0 spiro atoms. The minimum atomic E-state index is -3.40. The Balaban J connectivity index is 1.62. The number of hydrogen-bond acceptors (Lipinski definition) is 4. The van der Waals surface area contributed by atoms with Gasteiger partial charge in [-0.15, -0.1) is 11.3 Å². The average Bonchev–Trinajstić information content (AvgIpc) is 3.17. The summed E-state index contributed by atoms with van der Waals surface area (Å²) < 4.78 is 26.9. The van der Waals surface area contributed by atoms with Gasteiger partial charge < -0.3 is 10.6 Å². The molecule has 3 N–H and O–H groups in total. The molecule has 0 aliphatic heterocycles. The van der Waals surface area contributed by atoms with Gasteiger partial charge >= 0.3 is 0 Å². The van der Waals surface area contributed by atoms with Crippen molar-refractivity contribution in [2.75, 3.05) is 26.7 Å². The van der Waals surface area contributed by atoms with E-state index in [0.29, 0.717) is 23.3 Å². The number of aliphatic imine (C=N–C) groups is 1. The summed E-state index contributed by atoms with van der Waals surface area (Å²) in [5.41, 5.74) is 1.32. The molecule has 0 aliphatic carbocycles. The molecule has 0 bridgehead atoms. The van der Waals surface area contributed by atoms with Crippen LogP contribution in [0.1, 0.15) is 12.0 Å². The van der Waals surface area contributed by atoms with E-state index < -0.39 is 10.0 Å². The molecule has 136 valence electrons. The first-order chi connectivity index (χ1) is 12.1. The summed E-state index contributed by atoms with van der Waals surface area (Å²) in [7, 11) is -1.71. The molecular formula is C17H24N4O2S2. The van der Waals surface area contributed by atoms with Crippen LogP contribution in [0.4, 0.5) is 0 Å². The topological polar surface area (TPSA) is 82.6 Å². The van der Waals surface area contributed by atoms with E-state index >= 15 is 0 Å².